The predicted octanol–water partition coefficient (Wildman–Crippen LogP) is 4.17. The van der Waals surface area contributed by atoms with Gasteiger partial charge in [0, 0.05) is 24.8 Å². The summed E-state index contributed by atoms with van der Waals surface area (Å²) in [5.74, 6) is 0.768. The maximum Gasteiger partial charge on any atom is 0.151 e. The summed E-state index contributed by atoms with van der Waals surface area (Å²) in [4.78, 5) is 4.59. The number of pyridine rings is 1. The van der Waals surface area contributed by atoms with E-state index in [0.717, 1.165) is 35.7 Å². The van der Waals surface area contributed by atoms with E-state index < -0.39 is 0 Å². The molecular weight excluding hydrogens is 336 g/mol. The first-order valence-electron chi connectivity index (χ1n) is 9.37. The molecule has 4 rings (SSSR count). The summed E-state index contributed by atoms with van der Waals surface area (Å²) in [5.41, 5.74) is 4.22. The van der Waals surface area contributed by atoms with Crippen LogP contribution in [-0.2, 0) is 4.74 Å². The fraction of sp³-hybridized carbons (Fsp3) is 0.261. The molecule has 2 aromatic carbocycles. The van der Waals surface area contributed by atoms with E-state index in [-0.39, 0.29) is 12.2 Å². The Bertz CT molecular complexity index is 859. The summed E-state index contributed by atoms with van der Waals surface area (Å²) < 4.78 is 12.5. The van der Waals surface area contributed by atoms with E-state index in [0.29, 0.717) is 6.61 Å². The van der Waals surface area contributed by atoms with Crippen LogP contribution in [0.15, 0.2) is 72.9 Å². The number of hydrogen-bond donors (Lipinski definition) is 1. The van der Waals surface area contributed by atoms with Gasteiger partial charge in [0.2, 0.25) is 0 Å². The highest BCUT2D eigenvalue weighted by Crippen LogP contribution is 2.33. The number of aromatic nitrogens is 1. The van der Waals surface area contributed by atoms with Crippen molar-refractivity contribution < 1.29 is 9.47 Å². The molecule has 1 N–H and O–H groups in total. The van der Waals surface area contributed by atoms with Gasteiger partial charge in [-0.3, -0.25) is 4.98 Å². The van der Waals surface area contributed by atoms with Crippen molar-refractivity contribution in [3.8, 4) is 17.0 Å². The number of nitrogens with zero attached hydrogens (tertiary/aromatic N) is 1. The van der Waals surface area contributed by atoms with Crippen LogP contribution in [-0.4, -0.2) is 30.8 Å². The monoisotopic (exact) mass is 360 g/mol. The third-order valence-electron chi connectivity index (χ3n) is 4.77. The average molecular weight is 360 g/mol. The van der Waals surface area contributed by atoms with E-state index in [1.54, 1.807) is 6.20 Å². The van der Waals surface area contributed by atoms with Gasteiger partial charge in [0.25, 0.3) is 0 Å². The fourth-order valence-corrected chi connectivity index (χ4v) is 3.33. The molecule has 0 spiro atoms. The Morgan fingerprint density at radius 1 is 1.04 bits per heavy atom. The standard InChI is InChI=1S/C23H24N2O2/c1-17-9-11-18(12-10-17)22-20(8-5-13-25-22)27-23(19-6-3-2-4-7-19)21-16-24-14-15-26-21/h2-13,21,23-24H,14-16H2,1H3/t21-,23?/m0/s1. The number of aryl methyl sites for hydroxylation is 1. The lowest BCUT2D eigenvalue weighted by molar-refractivity contribution is -0.0431. The van der Waals surface area contributed by atoms with Gasteiger partial charge in [-0.05, 0) is 24.6 Å². The summed E-state index contributed by atoms with van der Waals surface area (Å²) in [6.07, 6.45) is 1.55. The number of rotatable bonds is 5. The van der Waals surface area contributed by atoms with Crippen molar-refractivity contribution in [1.82, 2.24) is 10.3 Å². The van der Waals surface area contributed by atoms with E-state index in [4.69, 9.17) is 9.47 Å². The molecule has 3 aromatic rings. The highest BCUT2D eigenvalue weighted by atomic mass is 16.5. The van der Waals surface area contributed by atoms with Crippen LogP contribution >= 0.6 is 0 Å². The second-order valence-electron chi connectivity index (χ2n) is 6.78. The summed E-state index contributed by atoms with van der Waals surface area (Å²) in [5, 5.41) is 3.40. The van der Waals surface area contributed by atoms with E-state index in [9.17, 15) is 0 Å². The van der Waals surface area contributed by atoms with Crippen molar-refractivity contribution in [3.05, 3.63) is 84.1 Å². The van der Waals surface area contributed by atoms with Gasteiger partial charge in [-0.1, -0.05) is 60.2 Å². The molecule has 1 aliphatic rings. The first kappa shape index (κ1) is 17.7. The SMILES string of the molecule is Cc1ccc(-c2ncccc2OC(c2ccccc2)[C@@H]2CNCCO2)cc1. The highest BCUT2D eigenvalue weighted by Gasteiger charge is 2.28. The molecule has 138 valence electrons. The van der Waals surface area contributed by atoms with Crippen molar-refractivity contribution >= 4 is 0 Å². The summed E-state index contributed by atoms with van der Waals surface area (Å²) in [7, 11) is 0. The molecule has 0 saturated carbocycles. The third-order valence-corrected chi connectivity index (χ3v) is 4.77. The Morgan fingerprint density at radius 3 is 2.59 bits per heavy atom. The lowest BCUT2D eigenvalue weighted by Crippen LogP contribution is -2.43. The van der Waals surface area contributed by atoms with Crippen LogP contribution in [0, 0.1) is 6.92 Å². The van der Waals surface area contributed by atoms with Crippen molar-refractivity contribution in [1.29, 1.82) is 0 Å². The van der Waals surface area contributed by atoms with Crippen LogP contribution in [0.2, 0.25) is 0 Å². The zero-order valence-corrected chi connectivity index (χ0v) is 15.5. The van der Waals surface area contributed by atoms with Crippen molar-refractivity contribution in [2.24, 2.45) is 0 Å². The molecule has 2 atom stereocenters. The largest absolute Gasteiger partial charge is 0.481 e. The Morgan fingerprint density at radius 2 is 1.85 bits per heavy atom. The zero-order chi connectivity index (χ0) is 18.5. The quantitative estimate of drug-likeness (QED) is 0.742. The smallest absolute Gasteiger partial charge is 0.151 e. The van der Waals surface area contributed by atoms with Gasteiger partial charge in [-0.2, -0.15) is 0 Å². The molecular formula is C23H24N2O2. The van der Waals surface area contributed by atoms with Gasteiger partial charge in [0.05, 0.1) is 6.61 Å². The predicted molar refractivity (Wildman–Crippen MR) is 107 cm³/mol. The van der Waals surface area contributed by atoms with Gasteiger partial charge in [-0.25, -0.2) is 0 Å². The molecule has 4 heteroatoms. The van der Waals surface area contributed by atoms with E-state index in [2.05, 4.69) is 53.6 Å². The molecule has 27 heavy (non-hydrogen) atoms. The molecule has 2 heterocycles. The number of nitrogens with one attached hydrogen (secondary N) is 1. The number of hydrogen-bond acceptors (Lipinski definition) is 4. The maximum absolute atomic E-state index is 6.53. The van der Waals surface area contributed by atoms with Crippen LogP contribution in [0.5, 0.6) is 5.75 Å². The second kappa shape index (κ2) is 8.33. The van der Waals surface area contributed by atoms with Crippen LogP contribution in [0.3, 0.4) is 0 Å². The van der Waals surface area contributed by atoms with Crippen LogP contribution in [0.4, 0.5) is 0 Å². The van der Waals surface area contributed by atoms with Crippen molar-refractivity contribution in [3.63, 3.8) is 0 Å². The number of ether oxygens (including phenoxy) is 2. The molecule has 1 unspecified atom stereocenters. The topological polar surface area (TPSA) is 43.4 Å². The molecule has 0 aliphatic carbocycles. The molecule has 0 radical (unpaired) electrons. The summed E-state index contributed by atoms with van der Waals surface area (Å²) in [6.45, 7) is 4.41. The van der Waals surface area contributed by atoms with Crippen LogP contribution in [0.25, 0.3) is 11.3 Å². The minimum absolute atomic E-state index is 0.0489. The second-order valence-corrected chi connectivity index (χ2v) is 6.78. The highest BCUT2D eigenvalue weighted by molar-refractivity contribution is 5.66. The van der Waals surface area contributed by atoms with E-state index in [1.165, 1.54) is 5.56 Å². The first-order valence-corrected chi connectivity index (χ1v) is 9.37. The first-order chi connectivity index (χ1) is 13.3. The van der Waals surface area contributed by atoms with Gasteiger partial charge in [0.15, 0.2) is 6.10 Å². The van der Waals surface area contributed by atoms with Gasteiger partial charge < -0.3 is 14.8 Å². The van der Waals surface area contributed by atoms with Gasteiger partial charge >= 0.3 is 0 Å². The molecule has 1 saturated heterocycles. The molecule has 1 aromatic heterocycles. The normalized spacial score (nSPS) is 18.0. The van der Waals surface area contributed by atoms with Crippen molar-refractivity contribution in [2.45, 2.75) is 19.1 Å². The van der Waals surface area contributed by atoms with Gasteiger partial charge in [0.1, 0.15) is 17.5 Å². The Hall–Kier alpha value is -2.69. The summed E-state index contributed by atoms with van der Waals surface area (Å²) in [6, 6.07) is 22.5. The van der Waals surface area contributed by atoms with E-state index >= 15 is 0 Å². The minimum atomic E-state index is -0.201. The number of morpholine rings is 1. The molecule has 0 bridgehead atoms. The molecule has 0 amide bonds. The zero-order valence-electron chi connectivity index (χ0n) is 15.5. The lowest BCUT2D eigenvalue weighted by atomic mass is 10.0. The Balaban J connectivity index is 1.68. The number of benzene rings is 2. The molecule has 4 nitrogen and oxygen atoms in total. The fourth-order valence-electron chi connectivity index (χ4n) is 3.33. The van der Waals surface area contributed by atoms with E-state index in [1.807, 2.05) is 30.3 Å². The van der Waals surface area contributed by atoms with Crippen molar-refractivity contribution in [2.75, 3.05) is 19.7 Å². The Kier molecular flexibility index (Phi) is 5.47. The van der Waals surface area contributed by atoms with Gasteiger partial charge in [-0.15, -0.1) is 0 Å². The third kappa shape index (κ3) is 4.18. The summed E-state index contributed by atoms with van der Waals surface area (Å²) >= 11 is 0. The lowest BCUT2D eigenvalue weighted by Gasteiger charge is -2.32. The molecule has 1 fully saturated rings. The minimum Gasteiger partial charge on any atom is -0.481 e. The molecule has 1 aliphatic heterocycles. The van der Waals surface area contributed by atoms with Crippen LogP contribution in [0.1, 0.15) is 17.2 Å². The Labute approximate surface area is 160 Å². The van der Waals surface area contributed by atoms with Crippen LogP contribution < -0.4 is 10.1 Å². The average Bonchev–Trinajstić information content (AvgIpc) is 2.74. The maximum atomic E-state index is 6.53.